The highest BCUT2D eigenvalue weighted by Crippen LogP contribution is 2.24. The van der Waals surface area contributed by atoms with Gasteiger partial charge in [0.15, 0.2) is 0 Å². The average molecular weight is 289 g/mol. The number of benzene rings is 1. The van der Waals surface area contributed by atoms with Crippen molar-refractivity contribution < 1.29 is 9.53 Å². The number of nitrogens with zero attached hydrogens (tertiary/aromatic N) is 1. The summed E-state index contributed by atoms with van der Waals surface area (Å²) in [6, 6.07) is 10.2. The fourth-order valence-electron chi connectivity index (χ4n) is 2.77. The molecule has 2 rings (SSSR count). The quantitative estimate of drug-likeness (QED) is 0.847. The van der Waals surface area contributed by atoms with E-state index in [4.69, 9.17) is 4.74 Å². The summed E-state index contributed by atoms with van der Waals surface area (Å²) in [4.78, 5) is 14.8. The summed E-state index contributed by atoms with van der Waals surface area (Å²) in [6.45, 7) is 8.61. The van der Waals surface area contributed by atoms with Crippen molar-refractivity contribution in [2.45, 2.75) is 52.1 Å². The summed E-state index contributed by atoms with van der Waals surface area (Å²) >= 11 is 0. The molecule has 1 saturated heterocycles. The van der Waals surface area contributed by atoms with E-state index in [2.05, 4.69) is 32.9 Å². The third-order valence-electron chi connectivity index (χ3n) is 4.10. The van der Waals surface area contributed by atoms with Crippen LogP contribution in [0.25, 0.3) is 0 Å². The van der Waals surface area contributed by atoms with Crippen molar-refractivity contribution in [1.29, 1.82) is 0 Å². The first-order valence-corrected chi connectivity index (χ1v) is 7.89. The van der Waals surface area contributed by atoms with Crippen LogP contribution in [0.5, 0.6) is 0 Å². The molecule has 1 fully saturated rings. The van der Waals surface area contributed by atoms with E-state index >= 15 is 0 Å². The van der Waals surface area contributed by atoms with E-state index in [0.29, 0.717) is 18.9 Å². The standard InChI is InChI=1S/C18H27NO2/c1-18(2,3)19(14-16-7-5-4-6-8-16)17(20)13-15-9-11-21-12-10-15/h4-8,15H,9-14H2,1-3H3. The van der Waals surface area contributed by atoms with Gasteiger partial charge in [0.1, 0.15) is 0 Å². The van der Waals surface area contributed by atoms with Crippen molar-refractivity contribution in [3.63, 3.8) is 0 Å². The molecule has 0 aliphatic carbocycles. The Hall–Kier alpha value is -1.35. The van der Waals surface area contributed by atoms with Crippen molar-refractivity contribution in [3.8, 4) is 0 Å². The van der Waals surface area contributed by atoms with Crippen molar-refractivity contribution in [1.82, 2.24) is 4.90 Å². The fraction of sp³-hybridized carbons (Fsp3) is 0.611. The summed E-state index contributed by atoms with van der Waals surface area (Å²) in [5.74, 6) is 0.741. The number of carbonyl (C=O) groups is 1. The van der Waals surface area contributed by atoms with Crippen molar-refractivity contribution in [2.24, 2.45) is 5.92 Å². The molecule has 0 unspecified atom stereocenters. The van der Waals surface area contributed by atoms with E-state index < -0.39 is 0 Å². The van der Waals surface area contributed by atoms with Gasteiger partial charge in [0.05, 0.1) is 0 Å². The van der Waals surface area contributed by atoms with Gasteiger partial charge in [-0.25, -0.2) is 0 Å². The lowest BCUT2D eigenvalue weighted by Crippen LogP contribution is -2.45. The molecular formula is C18H27NO2. The third kappa shape index (κ3) is 4.85. The van der Waals surface area contributed by atoms with Crippen LogP contribution in [0.1, 0.15) is 45.6 Å². The molecule has 0 atom stereocenters. The lowest BCUT2D eigenvalue weighted by Gasteiger charge is -2.37. The molecule has 0 N–H and O–H groups in total. The number of amides is 1. The average Bonchev–Trinajstić information content (AvgIpc) is 2.45. The minimum Gasteiger partial charge on any atom is -0.381 e. The highest BCUT2D eigenvalue weighted by Gasteiger charge is 2.28. The zero-order valence-electron chi connectivity index (χ0n) is 13.5. The Bertz CT molecular complexity index is 444. The van der Waals surface area contributed by atoms with Gasteiger partial charge in [0.2, 0.25) is 5.91 Å². The molecule has 3 nitrogen and oxygen atoms in total. The SMILES string of the molecule is CC(C)(C)N(Cc1ccccc1)C(=O)CC1CCOCC1. The molecule has 21 heavy (non-hydrogen) atoms. The normalized spacial score (nSPS) is 16.7. The van der Waals surface area contributed by atoms with Gasteiger partial charge in [0.25, 0.3) is 0 Å². The molecule has 1 aromatic carbocycles. The second-order valence-electron chi connectivity index (χ2n) is 6.90. The van der Waals surface area contributed by atoms with Gasteiger partial charge in [-0.1, -0.05) is 30.3 Å². The molecule has 3 heteroatoms. The maximum absolute atomic E-state index is 12.7. The molecule has 116 valence electrons. The summed E-state index contributed by atoms with van der Waals surface area (Å²) < 4.78 is 5.38. The maximum Gasteiger partial charge on any atom is 0.223 e. The van der Waals surface area contributed by atoms with Gasteiger partial charge in [-0.05, 0) is 45.1 Å². The number of ether oxygens (including phenoxy) is 1. The number of carbonyl (C=O) groups excluding carboxylic acids is 1. The van der Waals surface area contributed by atoms with Gasteiger partial charge in [-0.3, -0.25) is 4.79 Å². The smallest absolute Gasteiger partial charge is 0.223 e. The first-order chi connectivity index (χ1) is 9.97. The van der Waals surface area contributed by atoms with Crippen LogP contribution in [0.2, 0.25) is 0 Å². The van der Waals surface area contributed by atoms with Crippen LogP contribution in [-0.2, 0) is 16.1 Å². The molecule has 0 aromatic heterocycles. The molecule has 1 aliphatic rings. The van der Waals surface area contributed by atoms with Crippen molar-refractivity contribution in [3.05, 3.63) is 35.9 Å². The van der Waals surface area contributed by atoms with Gasteiger partial charge >= 0.3 is 0 Å². The Morgan fingerprint density at radius 3 is 2.38 bits per heavy atom. The minimum absolute atomic E-state index is 0.155. The summed E-state index contributed by atoms with van der Waals surface area (Å²) in [6.07, 6.45) is 2.66. The van der Waals surface area contributed by atoms with E-state index in [1.165, 1.54) is 5.56 Å². The Morgan fingerprint density at radius 1 is 1.19 bits per heavy atom. The highest BCUT2D eigenvalue weighted by molar-refractivity contribution is 5.77. The Balaban J connectivity index is 2.03. The fourth-order valence-corrected chi connectivity index (χ4v) is 2.77. The lowest BCUT2D eigenvalue weighted by molar-refractivity contribution is -0.138. The lowest BCUT2D eigenvalue weighted by atomic mass is 9.94. The van der Waals surface area contributed by atoms with Gasteiger partial charge in [-0.2, -0.15) is 0 Å². The van der Waals surface area contributed by atoms with E-state index in [1.807, 2.05) is 23.1 Å². The van der Waals surface area contributed by atoms with Crippen LogP contribution in [-0.4, -0.2) is 29.6 Å². The van der Waals surface area contributed by atoms with Crippen LogP contribution < -0.4 is 0 Å². The van der Waals surface area contributed by atoms with Crippen LogP contribution in [0.3, 0.4) is 0 Å². The number of hydrogen-bond acceptors (Lipinski definition) is 2. The molecule has 0 saturated carbocycles. The Labute approximate surface area is 128 Å². The predicted octanol–water partition coefficient (Wildman–Crippen LogP) is 3.63. The molecule has 0 radical (unpaired) electrons. The summed E-state index contributed by atoms with van der Waals surface area (Å²) in [5, 5.41) is 0. The molecule has 1 aliphatic heterocycles. The monoisotopic (exact) mass is 289 g/mol. The van der Waals surface area contributed by atoms with E-state index in [0.717, 1.165) is 26.1 Å². The molecule has 1 heterocycles. The number of hydrogen-bond donors (Lipinski definition) is 0. The number of rotatable bonds is 4. The van der Waals surface area contributed by atoms with Crippen LogP contribution in [0.4, 0.5) is 0 Å². The van der Waals surface area contributed by atoms with Crippen LogP contribution >= 0.6 is 0 Å². The minimum atomic E-state index is -0.155. The highest BCUT2D eigenvalue weighted by atomic mass is 16.5. The Morgan fingerprint density at radius 2 is 1.81 bits per heavy atom. The molecule has 1 amide bonds. The summed E-state index contributed by atoms with van der Waals surface area (Å²) in [5.41, 5.74) is 1.03. The van der Waals surface area contributed by atoms with Gasteiger partial charge in [0, 0.05) is 31.7 Å². The van der Waals surface area contributed by atoms with E-state index in [9.17, 15) is 4.79 Å². The molecule has 0 spiro atoms. The second-order valence-corrected chi connectivity index (χ2v) is 6.90. The largest absolute Gasteiger partial charge is 0.381 e. The first kappa shape index (κ1) is 16.0. The molecule has 0 bridgehead atoms. The molecule has 1 aromatic rings. The molecular weight excluding hydrogens is 262 g/mol. The van der Waals surface area contributed by atoms with Crippen molar-refractivity contribution >= 4 is 5.91 Å². The van der Waals surface area contributed by atoms with Crippen LogP contribution in [0.15, 0.2) is 30.3 Å². The van der Waals surface area contributed by atoms with Crippen molar-refractivity contribution in [2.75, 3.05) is 13.2 Å². The third-order valence-corrected chi connectivity index (χ3v) is 4.10. The maximum atomic E-state index is 12.7. The Kier molecular flexibility index (Phi) is 5.40. The van der Waals surface area contributed by atoms with Gasteiger partial charge < -0.3 is 9.64 Å². The first-order valence-electron chi connectivity index (χ1n) is 7.89. The summed E-state index contributed by atoms with van der Waals surface area (Å²) in [7, 11) is 0. The zero-order valence-corrected chi connectivity index (χ0v) is 13.5. The van der Waals surface area contributed by atoms with E-state index in [-0.39, 0.29) is 11.4 Å². The van der Waals surface area contributed by atoms with E-state index in [1.54, 1.807) is 0 Å². The van der Waals surface area contributed by atoms with Gasteiger partial charge in [-0.15, -0.1) is 0 Å². The zero-order chi connectivity index (χ0) is 15.3. The second kappa shape index (κ2) is 7.08. The predicted molar refractivity (Wildman–Crippen MR) is 84.9 cm³/mol. The topological polar surface area (TPSA) is 29.5 Å². The van der Waals surface area contributed by atoms with Crippen LogP contribution in [0, 0.1) is 5.92 Å².